The minimum atomic E-state index is -1.02. The van der Waals surface area contributed by atoms with Crippen molar-refractivity contribution >= 4 is 42.1 Å². The first-order valence-electron chi connectivity index (χ1n) is 4.83. The van der Waals surface area contributed by atoms with Gasteiger partial charge in [0.2, 0.25) is 12.7 Å². The van der Waals surface area contributed by atoms with Crippen LogP contribution < -0.4 is 5.73 Å². The standard InChI is InChI=1S/C9H10N2O5S.ClH/c10-9(14)16-4-15-8(13)5-1-2-17-7-3-6(12)11(5)7;/h1,7H,2-4H2,(H2,10,14);1H/t7-;/m1./s1. The normalized spacial score (nSPS) is 20.9. The molecule has 100 valence electrons. The van der Waals surface area contributed by atoms with Crippen molar-refractivity contribution in [2.75, 3.05) is 12.5 Å². The molecule has 18 heavy (non-hydrogen) atoms. The Hall–Kier alpha value is -1.41. The summed E-state index contributed by atoms with van der Waals surface area (Å²) in [4.78, 5) is 34.6. The fourth-order valence-electron chi connectivity index (χ4n) is 1.54. The van der Waals surface area contributed by atoms with Crippen molar-refractivity contribution in [1.29, 1.82) is 0 Å². The molecule has 0 aromatic carbocycles. The van der Waals surface area contributed by atoms with E-state index >= 15 is 0 Å². The molecule has 0 spiro atoms. The third-order valence-corrected chi connectivity index (χ3v) is 3.45. The highest BCUT2D eigenvalue weighted by atomic mass is 35.5. The molecule has 7 nitrogen and oxygen atoms in total. The fourth-order valence-corrected chi connectivity index (χ4v) is 2.66. The molecular weight excluding hydrogens is 284 g/mol. The van der Waals surface area contributed by atoms with Gasteiger partial charge in [-0.25, -0.2) is 9.59 Å². The van der Waals surface area contributed by atoms with E-state index in [2.05, 4.69) is 9.47 Å². The number of esters is 1. The average molecular weight is 295 g/mol. The van der Waals surface area contributed by atoms with Crippen LogP contribution >= 0.6 is 24.2 Å². The van der Waals surface area contributed by atoms with Crippen molar-refractivity contribution in [3.8, 4) is 0 Å². The molecule has 0 unspecified atom stereocenters. The van der Waals surface area contributed by atoms with Gasteiger partial charge in [-0.1, -0.05) is 0 Å². The first-order chi connectivity index (χ1) is 8.09. The lowest BCUT2D eigenvalue weighted by Gasteiger charge is -2.42. The zero-order chi connectivity index (χ0) is 12.4. The molecule has 2 rings (SSSR count). The second kappa shape index (κ2) is 5.96. The van der Waals surface area contributed by atoms with Crippen molar-refractivity contribution < 1.29 is 23.9 Å². The number of carbonyl (C=O) groups excluding carboxylic acids is 3. The number of rotatable bonds is 3. The maximum Gasteiger partial charge on any atom is 0.407 e. The Labute approximate surface area is 113 Å². The van der Waals surface area contributed by atoms with Crippen molar-refractivity contribution in [2.45, 2.75) is 11.8 Å². The first kappa shape index (κ1) is 14.7. The summed E-state index contributed by atoms with van der Waals surface area (Å²) < 4.78 is 8.93. The van der Waals surface area contributed by atoms with Crippen LogP contribution in [0, 0.1) is 0 Å². The summed E-state index contributed by atoms with van der Waals surface area (Å²) >= 11 is 1.58. The molecule has 1 atom stereocenters. The van der Waals surface area contributed by atoms with Crippen LogP contribution in [-0.2, 0) is 19.1 Å². The average Bonchev–Trinajstić information content (AvgIpc) is 2.26. The summed E-state index contributed by atoms with van der Waals surface area (Å²) in [6.07, 6.45) is 1.03. The highest BCUT2D eigenvalue weighted by Crippen LogP contribution is 2.37. The number of nitrogens with two attached hydrogens (primary N) is 1. The molecule has 2 aliphatic rings. The zero-order valence-electron chi connectivity index (χ0n) is 9.16. The number of thioether (sulfide) groups is 1. The molecule has 1 fully saturated rings. The van der Waals surface area contributed by atoms with Gasteiger partial charge in [0.15, 0.2) is 0 Å². The number of fused-ring (bicyclic) bond motifs is 1. The van der Waals surface area contributed by atoms with E-state index in [9.17, 15) is 14.4 Å². The Morgan fingerprint density at radius 2 is 2.22 bits per heavy atom. The van der Waals surface area contributed by atoms with Crippen molar-refractivity contribution in [2.24, 2.45) is 5.73 Å². The maximum atomic E-state index is 11.6. The number of carbonyl (C=O) groups is 3. The maximum absolute atomic E-state index is 11.6. The lowest BCUT2D eigenvalue weighted by atomic mass is 10.1. The molecule has 2 aliphatic heterocycles. The number of primary amides is 1. The van der Waals surface area contributed by atoms with Gasteiger partial charge in [0, 0.05) is 5.75 Å². The Bertz CT molecular complexity index is 414. The third-order valence-electron chi connectivity index (χ3n) is 2.33. The minimum Gasteiger partial charge on any atom is -0.423 e. The first-order valence-corrected chi connectivity index (χ1v) is 5.87. The molecule has 2 N–H and O–H groups in total. The summed E-state index contributed by atoms with van der Waals surface area (Å²) in [6.45, 7) is -0.550. The molecule has 9 heteroatoms. The zero-order valence-corrected chi connectivity index (χ0v) is 10.8. The SMILES string of the molecule is Cl.NC(=O)OCOC(=O)C1=CCS[C@@H]2CC(=O)N12. The molecule has 2 heterocycles. The van der Waals surface area contributed by atoms with Crippen molar-refractivity contribution in [3.05, 3.63) is 11.8 Å². The fraction of sp³-hybridized carbons (Fsp3) is 0.444. The van der Waals surface area contributed by atoms with Gasteiger partial charge >= 0.3 is 12.1 Å². The molecule has 0 aliphatic carbocycles. The third kappa shape index (κ3) is 2.88. The largest absolute Gasteiger partial charge is 0.423 e. The monoisotopic (exact) mass is 294 g/mol. The Morgan fingerprint density at radius 1 is 1.50 bits per heavy atom. The highest BCUT2D eigenvalue weighted by molar-refractivity contribution is 8.00. The molecule has 0 aromatic rings. The number of halogens is 1. The highest BCUT2D eigenvalue weighted by Gasteiger charge is 2.43. The summed E-state index contributed by atoms with van der Waals surface area (Å²) in [7, 11) is 0. The predicted octanol–water partition coefficient (Wildman–Crippen LogP) is 0.193. The van der Waals surface area contributed by atoms with Crippen molar-refractivity contribution in [1.82, 2.24) is 4.90 Å². The number of β-lactam (4-membered cyclic amide) rings is 1. The molecular formula is C9H11ClN2O5S. The van der Waals surface area contributed by atoms with Gasteiger partial charge in [0.25, 0.3) is 0 Å². The molecule has 0 saturated carbocycles. The van der Waals surface area contributed by atoms with Gasteiger partial charge in [-0.3, -0.25) is 9.69 Å². The molecule has 0 radical (unpaired) electrons. The summed E-state index contributed by atoms with van der Waals surface area (Å²) in [5.74, 6) is -0.152. The van der Waals surface area contributed by atoms with E-state index < -0.39 is 18.9 Å². The van der Waals surface area contributed by atoms with E-state index in [-0.39, 0.29) is 29.4 Å². The van der Waals surface area contributed by atoms with Gasteiger partial charge in [0.05, 0.1) is 11.8 Å². The quantitative estimate of drug-likeness (QED) is 0.453. The van der Waals surface area contributed by atoms with E-state index in [1.807, 2.05) is 0 Å². The second-order valence-electron chi connectivity index (χ2n) is 3.36. The minimum absolute atomic E-state index is 0. The van der Waals surface area contributed by atoms with Crippen LogP contribution in [0.4, 0.5) is 4.79 Å². The number of ether oxygens (including phenoxy) is 2. The van der Waals surface area contributed by atoms with E-state index in [1.165, 1.54) is 4.90 Å². The predicted molar refractivity (Wildman–Crippen MR) is 64.7 cm³/mol. The lowest BCUT2D eigenvalue weighted by molar-refractivity contribution is -0.154. The number of amides is 2. The Balaban J connectivity index is 0.00000162. The van der Waals surface area contributed by atoms with Crippen LogP contribution in [0.2, 0.25) is 0 Å². The number of hydrogen-bond donors (Lipinski definition) is 1. The summed E-state index contributed by atoms with van der Waals surface area (Å²) in [5, 5.41) is 0.0205. The van der Waals surface area contributed by atoms with Gasteiger partial charge < -0.3 is 15.2 Å². The van der Waals surface area contributed by atoms with Gasteiger partial charge in [-0.05, 0) is 6.08 Å². The van der Waals surface area contributed by atoms with E-state index in [0.717, 1.165) is 0 Å². The van der Waals surface area contributed by atoms with Crippen LogP contribution in [0.1, 0.15) is 6.42 Å². The second-order valence-corrected chi connectivity index (χ2v) is 4.57. The van der Waals surface area contributed by atoms with Crippen LogP contribution in [-0.4, -0.2) is 40.8 Å². The molecule has 0 aromatic heterocycles. The van der Waals surface area contributed by atoms with Crippen LogP contribution in [0.25, 0.3) is 0 Å². The van der Waals surface area contributed by atoms with Gasteiger partial charge in [-0.2, -0.15) is 0 Å². The van der Waals surface area contributed by atoms with Gasteiger partial charge in [-0.15, -0.1) is 24.2 Å². The summed E-state index contributed by atoms with van der Waals surface area (Å²) in [5.41, 5.74) is 4.91. The van der Waals surface area contributed by atoms with Crippen LogP contribution in [0.15, 0.2) is 11.8 Å². The van der Waals surface area contributed by atoms with Crippen molar-refractivity contribution in [3.63, 3.8) is 0 Å². The Kier molecular flexibility index (Phi) is 4.85. The Morgan fingerprint density at radius 3 is 2.83 bits per heavy atom. The topological polar surface area (TPSA) is 98.9 Å². The van der Waals surface area contributed by atoms with E-state index in [0.29, 0.717) is 12.2 Å². The van der Waals surface area contributed by atoms with Gasteiger partial charge in [0.1, 0.15) is 5.70 Å². The number of nitrogens with zero attached hydrogens (tertiary/aromatic N) is 1. The van der Waals surface area contributed by atoms with Crippen LogP contribution in [0.3, 0.4) is 0 Å². The van der Waals surface area contributed by atoms with Crippen LogP contribution in [0.5, 0.6) is 0 Å². The molecule has 0 bridgehead atoms. The smallest absolute Gasteiger partial charge is 0.407 e. The van der Waals surface area contributed by atoms with E-state index in [4.69, 9.17) is 5.73 Å². The van der Waals surface area contributed by atoms with E-state index in [1.54, 1.807) is 17.8 Å². The lowest BCUT2D eigenvalue weighted by Crippen LogP contribution is -2.53. The summed E-state index contributed by atoms with van der Waals surface area (Å²) in [6, 6.07) is 0. The molecule has 1 saturated heterocycles. The number of hydrogen-bond acceptors (Lipinski definition) is 6. The molecule has 2 amide bonds.